The number of hydrogen-bond donors (Lipinski definition) is 2. The molecule has 0 bridgehead atoms. The molecule has 2 N–H and O–H groups in total. The van der Waals surface area contributed by atoms with E-state index in [1.54, 1.807) is 6.92 Å². The first-order valence-corrected chi connectivity index (χ1v) is 8.45. The van der Waals surface area contributed by atoms with E-state index >= 15 is 0 Å². The van der Waals surface area contributed by atoms with Crippen LogP contribution in [0.1, 0.15) is 31.7 Å². The van der Waals surface area contributed by atoms with Crippen LogP contribution in [0, 0.1) is 0 Å². The summed E-state index contributed by atoms with van der Waals surface area (Å²) in [5, 5.41) is 6.62. The number of carbonyl (C=O) groups excluding carboxylic acids is 1. The number of halogens is 1. The van der Waals surface area contributed by atoms with Gasteiger partial charge in [0.1, 0.15) is 0 Å². The number of amides is 1. The Morgan fingerprint density at radius 3 is 2.86 bits per heavy atom. The van der Waals surface area contributed by atoms with Gasteiger partial charge >= 0.3 is 0 Å². The number of hydrogen-bond acceptors (Lipinski definition) is 3. The number of anilines is 1. The summed E-state index contributed by atoms with van der Waals surface area (Å²) >= 11 is 3.57. The van der Waals surface area contributed by atoms with Crippen LogP contribution < -0.4 is 15.5 Å². The van der Waals surface area contributed by atoms with Gasteiger partial charge in [-0.3, -0.25) is 4.79 Å². The quantitative estimate of drug-likeness (QED) is 0.856. The lowest BCUT2D eigenvalue weighted by molar-refractivity contribution is -0.119. The molecule has 21 heavy (non-hydrogen) atoms. The summed E-state index contributed by atoms with van der Waals surface area (Å²) < 4.78 is 1.12. The molecule has 114 valence electrons. The minimum absolute atomic E-state index is 0.0632. The van der Waals surface area contributed by atoms with E-state index in [0.717, 1.165) is 30.5 Å². The number of benzene rings is 1. The molecule has 5 heteroatoms. The van der Waals surface area contributed by atoms with Crippen molar-refractivity contribution in [2.75, 3.05) is 18.0 Å². The molecular formula is C16H22BrN3O. The third-order valence-corrected chi connectivity index (χ3v) is 4.63. The maximum atomic E-state index is 11.2. The van der Waals surface area contributed by atoms with Gasteiger partial charge in [0.15, 0.2) is 0 Å². The SMILES string of the molecule is CC(=O)NC1CCN(c2ccc(Br)cc2CNC2CC2)C1. The molecule has 2 fully saturated rings. The van der Waals surface area contributed by atoms with Crippen LogP contribution >= 0.6 is 15.9 Å². The topological polar surface area (TPSA) is 44.4 Å². The minimum atomic E-state index is 0.0632. The Morgan fingerprint density at radius 2 is 2.14 bits per heavy atom. The zero-order valence-corrected chi connectivity index (χ0v) is 13.9. The van der Waals surface area contributed by atoms with Gasteiger partial charge in [0.25, 0.3) is 0 Å². The van der Waals surface area contributed by atoms with E-state index in [1.807, 2.05) is 0 Å². The van der Waals surface area contributed by atoms with Crippen molar-refractivity contribution in [3.05, 3.63) is 28.2 Å². The molecule has 1 saturated heterocycles. The molecule has 2 aliphatic rings. The van der Waals surface area contributed by atoms with E-state index in [2.05, 4.69) is 49.7 Å². The van der Waals surface area contributed by atoms with E-state index in [1.165, 1.54) is 24.1 Å². The molecule has 1 aromatic rings. The average Bonchev–Trinajstić information content (AvgIpc) is 3.15. The van der Waals surface area contributed by atoms with Crippen LogP contribution in [0.25, 0.3) is 0 Å². The van der Waals surface area contributed by atoms with Gasteiger partial charge in [-0.15, -0.1) is 0 Å². The maximum absolute atomic E-state index is 11.2. The summed E-state index contributed by atoms with van der Waals surface area (Å²) in [6.07, 6.45) is 3.63. The van der Waals surface area contributed by atoms with Gasteiger partial charge in [0.05, 0.1) is 0 Å². The van der Waals surface area contributed by atoms with Gasteiger partial charge in [-0.2, -0.15) is 0 Å². The summed E-state index contributed by atoms with van der Waals surface area (Å²) in [5.41, 5.74) is 2.62. The van der Waals surface area contributed by atoms with E-state index in [0.29, 0.717) is 6.04 Å². The fourth-order valence-corrected chi connectivity index (χ4v) is 3.34. The standard InChI is InChI=1S/C16H22BrN3O/c1-11(21)19-15-6-7-20(10-15)16-5-2-13(17)8-12(16)9-18-14-3-4-14/h2,5,8,14-15,18H,3-4,6-7,9-10H2,1H3,(H,19,21). The molecule has 1 amide bonds. The molecule has 1 aliphatic heterocycles. The van der Waals surface area contributed by atoms with Crippen molar-refractivity contribution in [1.82, 2.24) is 10.6 Å². The maximum Gasteiger partial charge on any atom is 0.217 e. The first-order chi connectivity index (χ1) is 10.1. The summed E-state index contributed by atoms with van der Waals surface area (Å²) in [6, 6.07) is 7.47. The second-order valence-electron chi connectivity index (χ2n) is 6.06. The van der Waals surface area contributed by atoms with Crippen LogP contribution in [0.5, 0.6) is 0 Å². The molecular weight excluding hydrogens is 330 g/mol. The Hall–Kier alpha value is -1.07. The Kier molecular flexibility index (Phi) is 4.50. The van der Waals surface area contributed by atoms with Crippen molar-refractivity contribution in [2.24, 2.45) is 0 Å². The second-order valence-corrected chi connectivity index (χ2v) is 6.98. The Morgan fingerprint density at radius 1 is 1.33 bits per heavy atom. The fourth-order valence-electron chi connectivity index (χ4n) is 2.93. The van der Waals surface area contributed by atoms with Crippen molar-refractivity contribution in [2.45, 2.75) is 44.8 Å². The molecule has 1 saturated carbocycles. The van der Waals surface area contributed by atoms with Gasteiger partial charge in [0, 0.05) is 48.8 Å². The van der Waals surface area contributed by atoms with Crippen molar-refractivity contribution in [3.8, 4) is 0 Å². The van der Waals surface area contributed by atoms with Crippen LogP contribution in [0.2, 0.25) is 0 Å². The van der Waals surface area contributed by atoms with E-state index < -0.39 is 0 Å². The zero-order chi connectivity index (χ0) is 14.8. The third kappa shape index (κ3) is 3.98. The van der Waals surface area contributed by atoms with E-state index in [-0.39, 0.29) is 11.9 Å². The molecule has 0 spiro atoms. The number of nitrogens with zero attached hydrogens (tertiary/aromatic N) is 1. The molecule has 1 heterocycles. The monoisotopic (exact) mass is 351 g/mol. The summed E-state index contributed by atoms with van der Waals surface area (Å²) in [4.78, 5) is 13.6. The van der Waals surface area contributed by atoms with Crippen LogP contribution in [0.4, 0.5) is 5.69 Å². The lowest BCUT2D eigenvalue weighted by Crippen LogP contribution is -2.35. The van der Waals surface area contributed by atoms with Crippen LogP contribution in [0.15, 0.2) is 22.7 Å². The second kappa shape index (κ2) is 6.36. The number of nitrogens with one attached hydrogen (secondary N) is 2. The van der Waals surface area contributed by atoms with E-state index in [4.69, 9.17) is 0 Å². The molecule has 0 radical (unpaired) electrons. The first kappa shape index (κ1) is 14.9. The van der Waals surface area contributed by atoms with Crippen LogP contribution in [-0.2, 0) is 11.3 Å². The molecule has 1 unspecified atom stereocenters. The number of rotatable bonds is 5. The van der Waals surface area contributed by atoms with Gasteiger partial charge in [0.2, 0.25) is 5.91 Å². The Labute approximate surface area is 134 Å². The summed E-state index contributed by atoms with van der Waals surface area (Å²) in [7, 11) is 0. The lowest BCUT2D eigenvalue weighted by Gasteiger charge is -2.23. The van der Waals surface area contributed by atoms with Gasteiger partial charge in [-0.25, -0.2) is 0 Å². The first-order valence-electron chi connectivity index (χ1n) is 7.65. The third-order valence-electron chi connectivity index (χ3n) is 4.14. The summed E-state index contributed by atoms with van der Waals surface area (Å²) in [5.74, 6) is 0.0632. The number of carbonyl (C=O) groups is 1. The fraction of sp³-hybridized carbons (Fsp3) is 0.562. The molecule has 3 rings (SSSR count). The highest BCUT2D eigenvalue weighted by Gasteiger charge is 2.25. The molecule has 1 aromatic carbocycles. The largest absolute Gasteiger partial charge is 0.369 e. The highest BCUT2D eigenvalue weighted by Crippen LogP contribution is 2.29. The molecule has 4 nitrogen and oxygen atoms in total. The Balaban J connectivity index is 1.70. The lowest BCUT2D eigenvalue weighted by atomic mass is 10.1. The predicted octanol–water partition coefficient (Wildman–Crippen LogP) is 2.42. The van der Waals surface area contributed by atoms with Crippen LogP contribution in [-0.4, -0.2) is 31.1 Å². The zero-order valence-electron chi connectivity index (χ0n) is 12.4. The highest BCUT2D eigenvalue weighted by atomic mass is 79.9. The molecule has 0 aromatic heterocycles. The van der Waals surface area contributed by atoms with E-state index in [9.17, 15) is 4.79 Å². The Bertz CT molecular complexity index is 530. The van der Waals surface area contributed by atoms with Gasteiger partial charge < -0.3 is 15.5 Å². The smallest absolute Gasteiger partial charge is 0.217 e. The molecule has 1 aliphatic carbocycles. The predicted molar refractivity (Wildman–Crippen MR) is 88.4 cm³/mol. The average molecular weight is 352 g/mol. The van der Waals surface area contributed by atoms with Crippen molar-refractivity contribution in [3.63, 3.8) is 0 Å². The van der Waals surface area contributed by atoms with Crippen molar-refractivity contribution >= 4 is 27.5 Å². The normalized spacial score (nSPS) is 21.6. The van der Waals surface area contributed by atoms with Gasteiger partial charge in [-0.05, 0) is 43.0 Å². The van der Waals surface area contributed by atoms with Crippen molar-refractivity contribution in [1.29, 1.82) is 0 Å². The summed E-state index contributed by atoms with van der Waals surface area (Å²) in [6.45, 7) is 4.41. The van der Waals surface area contributed by atoms with Gasteiger partial charge in [-0.1, -0.05) is 15.9 Å². The minimum Gasteiger partial charge on any atom is -0.369 e. The molecule has 1 atom stereocenters. The highest BCUT2D eigenvalue weighted by molar-refractivity contribution is 9.10. The van der Waals surface area contributed by atoms with Crippen LogP contribution in [0.3, 0.4) is 0 Å². The van der Waals surface area contributed by atoms with Crippen molar-refractivity contribution < 1.29 is 4.79 Å².